The molecule has 0 bridgehead atoms. The van der Waals surface area contributed by atoms with Crippen LogP contribution < -0.4 is 10.6 Å². The number of nitrogens with one attached hydrogen (secondary N) is 2. The van der Waals surface area contributed by atoms with Gasteiger partial charge in [0.25, 0.3) is 0 Å². The highest BCUT2D eigenvalue weighted by Crippen LogP contribution is 2.08. The lowest BCUT2D eigenvalue weighted by atomic mass is 10.2. The molecule has 2 amide bonds. The van der Waals surface area contributed by atoms with E-state index in [0.717, 1.165) is 11.3 Å². The monoisotopic (exact) mass is 194 g/mol. The second kappa shape index (κ2) is 5.24. The summed E-state index contributed by atoms with van der Waals surface area (Å²) in [5, 5.41) is 5.22. The van der Waals surface area contributed by atoms with Gasteiger partial charge < -0.3 is 15.4 Å². The van der Waals surface area contributed by atoms with E-state index in [1.165, 1.54) is 7.11 Å². The van der Waals surface area contributed by atoms with Crippen molar-refractivity contribution in [3.8, 4) is 0 Å². The van der Waals surface area contributed by atoms with E-state index in [2.05, 4.69) is 10.6 Å². The van der Waals surface area contributed by atoms with Gasteiger partial charge in [-0.15, -0.1) is 0 Å². The van der Waals surface area contributed by atoms with Gasteiger partial charge in [0.2, 0.25) is 0 Å². The summed E-state index contributed by atoms with van der Waals surface area (Å²) < 4.78 is 4.70. The van der Waals surface area contributed by atoms with Gasteiger partial charge in [0.05, 0.1) is 0 Å². The molecule has 0 aliphatic heterocycles. The van der Waals surface area contributed by atoms with Crippen molar-refractivity contribution in [3.63, 3.8) is 0 Å². The molecule has 0 spiro atoms. The lowest BCUT2D eigenvalue weighted by Gasteiger charge is -2.06. The normalized spacial score (nSPS) is 9.57. The minimum atomic E-state index is -0.266. The van der Waals surface area contributed by atoms with Crippen molar-refractivity contribution in [2.45, 2.75) is 6.92 Å². The molecule has 0 saturated heterocycles. The highest BCUT2D eigenvalue weighted by molar-refractivity contribution is 5.89. The zero-order valence-corrected chi connectivity index (χ0v) is 8.33. The van der Waals surface area contributed by atoms with Crippen LogP contribution in [0.4, 0.5) is 10.5 Å². The SMILES string of the molecule is COCNC(=O)Nc1cccc(C)c1. The fraction of sp³-hybridized carbons (Fsp3) is 0.300. The molecule has 0 saturated carbocycles. The van der Waals surface area contributed by atoms with Gasteiger partial charge in [0.15, 0.2) is 0 Å². The third-order valence-electron chi connectivity index (χ3n) is 1.65. The molecular formula is C10H14N2O2. The molecule has 1 aromatic carbocycles. The first kappa shape index (κ1) is 10.5. The van der Waals surface area contributed by atoms with E-state index in [1.807, 2.05) is 31.2 Å². The van der Waals surface area contributed by atoms with Crippen molar-refractivity contribution < 1.29 is 9.53 Å². The maximum Gasteiger partial charge on any atom is 0.321 e. The number of hydrogen-bond acceptors (Lipinski definition) is 2. The predicted octanol–water partition coefficient (Wildman–Crippen LogP) is 1.72. The number of ether oxygens (including phenoxy) is 1. The maximum atomic E-state index is 11.2. The average molecular weight is 194 g/mol. The van der Waals surface area contributed by atoms with Crippen LogP contribution in [0.3, 0.4) is 0 Å². The Morgan fingerprint density at radius 3 is 2.93 bits per heavy atom. The molecule has 0 atom stereocenters. The Kier molecular flexibility index (Phi) is 3.94. The summed E-state index contributed by atoms with van der Waals surface area (Å²) in [6, 6.07) is 7.32. The number of rotatable bonds is 3. The molecule has 76 valence electrons. The molecule has 0 unspecified atom stereocenters. The summed E-state index contributed by atoms with van der Waals surface area (Å²) in [6.07, 6.45) is 0. The van der Waals surface area contributed by atoms with E-state index in [1.54, 1.807) is 0 Å². The van der Waals surface area contributed by atoms with E-state index < -0.39 is 0 Å². The molecular weight excluding hydrogens is 180 g/mol. The van der Waals surface area contributed by atoms with Crippen molar-refractivity contribution in [1.29, 1.82) is 0 Å². The second-order valence-electron chi connectivity index (χ2n) is 2.93. The number of methoxy groups -OCH3 is 1. The van der Waals surface area contributed by atoms with Crippen molar-refractivity contribution in [2.75, 3.05) is 19.2 Å². The van der Waals surface area contributed by atoms with Gasteiger partial charge in [-0.25, -0.2) is 4.79 Å². The number of hydrogen-bond donors (Lipinski definition) is 2. The molecule has 0 aliphatic rings. The van der Waals surface area contributed by atoms with E-state index in [9.17, 15) is 4.79 Å². The fourth-order valence-electron chi connectivity index (χ4n) is 1.04. The molecule has 2 N–H and O–H groups in total. The molecule has 0 aliphatic carbocycles. The van der Waals surface area contributed by atoms with Crippen LogP contribution in [0.25, 0.3) is 0 Å². The highest BCUT2D eigenvalue weighted by atomic mass is 16.5. The van der Waals surface area contributed by atoms with Crippen molar-refractivity contribution >= 4 is 11.7 Å². The van der Waals surface area contributed by atoms with Crippen LogP contribution in [0.5, 0.6) is 0 Å². The Morgan fingerprint density at radius 2 is 2.29 bits per heavy atom. The van der Waals surface area contributed by atoms with Crippen LogP contribution in [0.15, 0.2) is 24.3 Å². The number of urea groups is 1. The topological polar surface area (TPSA) is 50.4 Å². The van der Waals surface area contributed by atoms with Gasteiger partial charge in [-0.05, 0) is 24.6 Å². The number of aryl methyl sites for hydroxylation is 1. The number of carbonyl (C=O) groups excluding carboxylic acids is 1. The van der Waals surface area contributed by atoms with E-state index in [-0.39, 0.29) is 12.8 Å². The quantitative estimate of drug-likeness (QED) is 0.720. The minimum absolute atomic E-state index is 0.206. The Morgan fingerprint density at radius 1 is 1.50 bits per heavy atom. The lowest BCUT2D eigenvalue weighted by molar-refractivity contribution is 0.177. The first-order valence-corrected chi connectivity index (χ1v) is 4.33. The number of benzene rings is 1. The van der Waals surface area contributed by atoms with Crippen LogP contribution in [0.1, 0.15) is 5.56 Å². The maximum absolute atomic E-state index is 11.2. The second-order valence-corrected chi connectivity index (χ2v) is 2.93. The summed E-state index contributed by atoms with van der Waals surface area (Å²) in [7, 11) is 1.52. The van der Waals surface area contributed by atoms with E-state index in [0.29, 0.717) is 0 Å². The third kappa shape index (κ3) is 3.45. The number of anilines is 1. The molecule has 4 heteroatoms. The Labute approximate surface area is 83.3 Å². The molecule has 0 fully saturated rings. The molecule has 0 heterocycles. The van der Waals surface area contributed by atoms with Gasteiger partial charge in [0.1, 0.15) is 6.73 Å². The molecule has 1 aromatic rings. The summed E-state index contributed by atoms with van der Waals surface area (Å²) in [5.41, 5.74) is 1.88. The molecule has 4 nitrogen and oxygen atoms in total. The molecule has 0 aromatic heterocycles. The molecule has 0 radical (unpaired) electrons. The Bertz CT molecular complexity index is 313. The largest absolute Gasteiger partial charge is 0.364 e. The minimum Gasteiger partial charge on any atom is -0.364 e. The van der Waals surface area contributed by atoms with Gasteiger partial charge in [-0.1, -0.05) is 12.1 Å². The van der Waals surface area contributed by atoms with E-state index >= 15 is 0 Å². The fourth-order valence-corrected chi connectivity index (χ4v) is 1.04. The summed E-state index contributed by atoms with van der Waals surface area (Å²) in [6.45, 7) is 2.18. The van der Waals surface area contributed by atoms with Gasteiger partial charge in [0, 0.05) is 12.8 Å². The van der Waals surface area contributed by atoms with Gasteiger partial charge >= 0.3 is 6.03 Å². The standard InChI is InChI=1S/C10H14N2O2/c1-8-4-3-5-9(6-8)12-10(13)11-7-14-2/h3-6H,7H2,1-2H3,(H2,11,12,13). The predicted molar refractivity (Wildman–Crippen MR) is 55.2 cm³/mol. The zero-order chi connectivity index (χ0) is 10.4. The van der Waals surface area contributed by atoms with Crippen molar-refractivity contribution in [1.82, 2.24) is 5.32 Å². The van der Waals surface area contributed by atoms with Crippen LogP contribution in [-0.2, 0) is 4.74 Å². The van der Waals surface area contributed by atoms with Gasteiger partial charge in [-0.2, -0.15) is 0 Å². The summed E-state index contributed by atoms with van der Waals surface area (Å²) >= 11 is 0. The Hall–Kier alpha value is -1.55. The molecule has 14 heavy (non-hydrogen) atoms. The van der Waals surface area contributed by atoms with Crippen molar-refractivity contribution in [2.24, 2.45) is 0 Å². The third-order valence-corrected chi connectivity index (χ3v) is 1.65. The lowest BCUT2D eigenvalue weighted by Crippen LogP contribution is -2.30. The van der Waals surface area contributed by atoms with Crippen LogP contribution >= 0.6 is 0 Å². The first-order valence-electron chi connectivity index (χ1n) is 4.33. The average Bonchev–Trinajstić information content (AvgIpc) is 2.15. The first-order chi connectivity index (χ1) is 6.72. The zero-order valence-electron chi connectivity index (χ0n) is 8.33. The van der Waals surface area contributed by atoms with Crippen molar-refractivity contribution in [3.05, 3.63) is 29.8 Å². The van der Waals surface area contributed by atoms with Crippen LogP contribution in [0.2, 0.25) is 0 Å². The smallest absolute Gasteiger partial charge is 0.321 e. The molecule has 1 rings (SSSR count). The number of carbonyl (C=O) groups is 1. The number of amides is 2. The van der Waals surface area contributed by atoms with Gasteiger partial charge in [-0.3, -0.25) is 0 Å². The van der Waals surface area contributed by atoms with Crippen LogP contribution in [-0.4, -0.2) is 19.9 Å². The summed E-state index contributed by atoms with van der Waals surface area (Å²) in [5.74, 6) is 0. The summed E-state index contributed by atoms with van der Waals surface area (Å²) in [4.78, 5) is 11.2. The highest BCUT2D eigenvalue weighted by Gasteiger charge is 1.99. The Balaban J connectivity index is 2.47. The van der Waals surface area contributed by atoms with Crippen LogP contribution in [0, 0.1) is 6.92 Å². The van der Waals surface area contributed by atoms with E-state index in [4.69, 9.17) is 4.74 Å².